The first-order chi connectivity index (χ1) is 16.9. The van der Waals surface area contributed by atoms with Crippen LogP contribution < -0.4 is 10.1 Å². The van der Waals surface area contributed by atoms with Crippen LogP contribution in [0.4, 0.5) is 8.78 Å². The van der Waals surface area contributed by atoms with Gasteiger partial charge in [0.25, 0.3) is 5.91 Å². The van der Waals surface area contributed by atoms with Crippen LogP contribution in [0.3, 0.4) is 0 Å². The lowest BCUT2D eigenvalue weighted by Crippen LogP contribution is -2.23. The molecule has 5 nitrogen and oxygen atoms in total. The van der Waals surface area contributed by atoms with Gasteiger partial charge in [-0.3, -0.25) is 4.79 Å². The number of methoxy groups -OCH3 is 1. The van der Waals surface area contributed by atoms with Gasteiger partial charge in [0.2, 0.25) is 0 Å². The Morgan fingerprint density at radius 2 is 1.37 bits per heavy atom. The minimum atomic E-state index is -0.444. The average molecular weight is 473 g/mol. The maximum absolute atomic E-state index is 13.4. The fourth-order valence-corrected chi connectivity index (χ4v) is 3.40. The van der Waals surface area contributed by atoms with E-state index in [-0.39, 0.29) is 23.7 Å². The highest BCUT2D eigenvalue weighted by molar-refractivity contribution is 5.98. The lowest BCUT2D eigenvalue weighted by Gasteiger charge is -2.14. The third kappa shape index (κ3) is 5.89. The fourth-order valence-electron chi connectivity index (χ4n) is 3.40. The van der Waals surface area contributed by atoms with Crippen LogP contribution in [0.25, 0.3) is 11.1 Å². The standard InChI is InChI=1S/C28H21F2NO4/c1-34-28(33)20-4-2-18(3-5-20)17-31-27(32)25-16-21(19-6-9-22(29)10-7-19)8-15-26(25)35-24-13-11-23(30)12-14-24/h2-16H,17H2,1H3,(H,31,32). The molecular weight excluding hydrogens is 452 g/mol. The third-order valence-electron chi connectivity index (χ3n) is 5.27. The van der Waals surface area contributed by atoms with Crippen molar-refractivity contribution in [3.8, 4) is 22.6 Å². The summed E-state index contributed by atoms with van der Waals surface area (Å²) in [6.45, 7) is 0.205. The number of nitrogens with one attached hydrogen (secondary N) is 1. The van der Waals surface area contributed by atoms with E-state index in [0.717, 1.165) is 11.1 Å². The molecule has 0 unspecified atom stereocenters. The molecule has 1 N–H and O–H groups in total. The molecule has 7 heteroatoms. The van der Waals surface area contributed by atoms with E-state index in [2.05, 4.69) is 5.32 Å². The van der Waals surface area contributed by atoms with Crippen molar-refractivity contribution < 1.29 is 27.8 Å². The molecular formula is C28H21F2NO4. The van der Waals surface area contributed by atoms with Gasteiger partial charge < -0.3 is 14.8 Å². The molecule has 4 rings (SSSR count). The van der Waals surface area contributed by atoms with Crippen LogP contribution in [0.2, 0.25) is 0 Å². The molecule has 176 valence electrons. The first-order valence-electron chi connectivity index (χ1n) is 10.7. The third-order valence-corrected chi connectivity index (χ3v) is 5.27. The molecule has 0 saturated carbocycles. The predicted molar refractivity (Wildman–Crippen MR) is 127 cm³/mol. The summed E-state index contributed by atoms with van der Waals surface area (Å²) in [4.78, 5) is 24.8. The van der Waals surface area contributed by atoms with Gasteiger partial charge in [0.05, 0.1) is 18.2 Å². The highest BCUT2D eigenvalue weighted by Gasteiger charge is 2.16. The molecule has 0 aliphatic heterocycles. The number of esters is 1. The summed E-state index contributed by atoms with van der Waals surface area (Å²) >= 11 is 0. The first kappa shape index (κ1) is 23.6. The Kier molecular flexibility index (Phi) is 7.16. The lowest BCUT2D eigenvalue weighted by atomic mass is 10.0. The highest BCUT2D eigenvalue weighted by Crippen LogP contribution is 2.30. The molecule has 0 atom stereocenters. The summed E-state index contributed by atoms with van der Waals surface area (Å²) in [5.41, 5.74) is 2.87. The van der Waals surface area contributed by atoms with Crippen LogP contribution in [0, 0.1) is 11.6 Å². The van der Waals surface area contributed by atoms with E-state index >= 15 is 0 Å². The molecule has 0 radical (unpaired) electrons. The summed E-state index contributed by atoms with van der Waals surface area (Å²) in [5, 5.41) is 2.85. The average Bonchev–Trinajstić information content (AvgIpc) is 2.89. The van der Waals surface area contributed by atoms with E-state index in [9.17, 15) is 18.4 Å². The van der Waals surface area contributed by atoms with Crippen LogP contribution >= 0.6 is 0 Å². The van der Waals surface area contributed by atoms with Crippen molar-refractivity contribution in [1.82, 2.24) is 5.32 Å². The zero-order valence-corrected chi connectivity index (χ0v) is 18.8. The molecule has 4 aromatic rings. The monoisotopic (exact) mass is 473 g/mol. The van der Waals surface area contributed by atoms with Crippen molar-refractivity contribution in [3.63, 3.8) is 0 Å². The smallest absolute Gasteiger partial charge is 0.337 e. The summed E-state index contributed by atoms with van der Waals surface area (Å²) in [6.07, 6.45) is 0. The fraction of sp³-hybridized carbons (Fsp3) is 0.0714. The summed E-state index contributed by atoms with van der Waals surface area (Å²) in [7, 11) is 1.31. The molecule has 0 heterocycles. The number of hydrogen-bond acceptors (Lipinski definition) is 4. The number of ether oxygens (including phenoxy) is 2. The Hall–Kier alpha value is -4.52. The number of carbonyl (C=O) groups is 2. The zero-order valence-electron chi connectivity index (χ0n) is 18.8. The van der Waals surface area contributed by atoms with Crippen molar-refractivity contribution in [2.24, 2.45) is 0 Å². The van der Waals surface area contributed by atoms with Gasteiger partial charge in [-0.1, -0.05) is 30.3 Å². The molecule has 0 spiro atoms. The molecule has 0 saturated heterocycles. The largest absolute Gasteiger partial charge is 0.465 e. The maximum atomic E-state index is 13.4. The summed E-state index contributed by atoms with van der Waals surface area (Å²) < 4.78 is 37.2. The van der Waals surface area contributed by atoms with Gasteiger partial charge in [0.1, 0.15) is 23.1 Å². The quantitative estimate of drug-likeness (QED) is 0.328. The van der Waals surface area contributed by atoms with Crippen LogP contribution in [0.15, 0.2) is 91.0 Å². The van der Waals surface area contributed by atoms with Gasteiger partial charge in [-0.25, -0.2) is 13.6 Å². The number of benzene rings is 4. The normalized spacial score (nSPS) is 10.5. The number of rotatable bonds is 7. The molecule has 0 aromatic heterocycles. The Balaban J connectivity index is 1.59. The zero-order chi connectivity index (χ0) is 24.8. The Bertz CT molecular complexity index is 1340. The van der Waals surface area contributed by atoms with Crippen molar-refractivity contribution >= 4 is 11.9 Å². The van der Waals surface area contributed by atoms with Crippen molar-refractivity contribution in [3.05, 3.63) is 119 Å². The minimum Gasteiger partial charge on any atom is -0.465 e. The molecule has 0 aliphatic rings. The van der Waals surface area contributed by atoms with Crippen LogP contribution in [0.1, 0.15) is 26.3 Å². The Morgan fingerprint density at radius 3 is 2.00 bits per heavy atom. The van der Waals surface area contributed by atoms with Crippen molar-refractivity contribution in [2.75, 3.05) is 7.11 Å². The first-order valence-corrected chi connectivity index (χ1v) is 10.7. The number of carbonyl (C=O) groups excluding carboxylic acids is 2. The second-order valence-electron chi connectivity index (χ2n) is 7.64. The van der Waals surface area contributed by atoms with Crippen LogP contribution in [-0.4, -0.2) is 19.0 Å². The van der Waals surface area contributed by atoms with Crippen molar-refractivity contribution in [2.45, 2.75) is 6.54 Å². The predicted octanol–water partition coefficient (Wildman–Crippen LogP) is 6.14. The van der Waals surface area contributed by atoms with E-state index in [1.54, 1.807) is 54.6 Å². The van der Waals surface area contributed by atoms with E-state index in [4.69, 9.17) is 9.47 Å². The molecule has 0 aliphatic carbocycles. The molecule has 0 fully saturated rings. The van der Waals surface area contributed by atoms with Gasteiger partial charge in [-0.2, -0.15) is 0 Å². The van der Waals surface area contributed by atoms with Gasteiger partial charge in [-0.05, 0) is 77.4 Å². The van der Waals surface area contributed by atoms with Gasteiger partial charge in [0, 0.05) is 6.54 Å². The summed E-state index contributed by atoms with van der Waals surface area (Å²) in [5.74, 6) is -0.959. The minimum absolute atomic E-state index is 0.205. The number of amides is 1. The van der Waals surface area contributed by atoms with E-state index < -0.39 is 17.7 Å². The molecule has 35 heavy (non-hydrogen) atoms. The Labute approximate surface area is 200 Å². The summed E-state index contributed by atoms with van der Waals surface area (Å²) in [6, 6.07) is 23.1. The van der Waals surface area contributed by atoms with Crippen molar-refractivity contribution in [1.29, 1.82) is 0 Å². The van der Waals surface area contributed by atoms with Gasteiger partial charge in [0.15, 0.2) is 0 Å². The molecule has 1 amide bonds. The molecule has 4 aromatic carbocycles. The second-order valence-corrected chi connectivity index (χ2v) is 7.64. The SMILES string of the molecule is COC(=O)c1ccc(CNC(=O)c2cc(-c3ccc(F)cc3)ccc2Oc2ccc(F)cc2)cc1. The molecule has 0 bridgehead atoms. The van der Waals surface area contributed by atoms with Gasteiger partial charge >= 0.3 is 5.97 Å². The van der Waals surface area contributed by atoms with Gasteiger partial charge in [-0.15, -0.1) is 0 Å². The van der Waals surface area contributed by atoms with Crippen LogP contribution in [0.5, 0.6) is 11.5 Å². The van der Waals surface area contributed by atoms with E-state index in [0.29, 0.717) is 16.9 Å². The maximum Gasteiger partial charge on any atom is 0.337 e. The second kappa shape index (κ2) is 10.6. The highest BCUT2D eigenvalue weighted by atomic mass is 19.1. The topological polar surface area (TPSA) is 64.6 Å². The lowest BCUT2D eigenvalue weighted by molar-refractivity contribution is 0.0600. The number of hydrogen-bond donors (Lipinski definition) is 1. The Morgan fingerprint density at radius 1 is 0.771 bits per heavy atom. The van der Waals surface area contributed by atoms with E-state index in [1.165, 1.54) is 43.5 Å². The van der Waals surface area contributed by atoms with E-state index in [1.807, 2.05) is 0 Å². The number of halogens is 2. The van der Waals surface area contributed by atoms with Crippen LogP contribution in [-0.2, 0) is 11.3 Å².